The van der Waals surface area contributed by atoms with Crippen LogP contribution < -0.4 is 4.90 Å². The fourth-order valence-corrected chi connectivity index (χ4v) is 10.3. The van der Waals surface area contributed by atoms with Gasteiger partial charge in [0.25, 0.3) is 0 Å². The number of hydrogen-bond acceptors (Lipinski definition) is 2. The van der Waals surface area contributed by atoms with E-state index in [0.29, 0.717) is 5.92 Å². The molecule has 2 aliphatic carbocycles. The van der Waals surface area contributed by atoms with Crippen LogP contribution in [0.2, 0.25) is 0 Å². The number of anilines is 3. The Morgan fingerprint density at radius 1 is 0.518 bits per heavy atom. The first-order valence-electron chi connectivity index (χ1n) is 20.3. The molecule has 2 aliphatic rings. The van der Waals surface area contributed by atoms with Crippen LogP contribution in [0.15, 0.2) is 180 Å². The van der Waals surface area contributed by atoms with Crippen LogP contribution in [0.5, 0.6) is 0 Å². The van der Waals surface area contributed by atoms with E-state index in [0.717, 1.165) is 33.3 Å². The van der Waals surface area contributed by atoms with E-state index in [9.17, 15) is 0 Å². The molecule has 0 aliphatic heterocycles. The standard InChI is InChI=1S/C54H43NO/c1-54(38-21-6-3-7-22-38)46-28-11-8-25-44(46)53-47(54)29-16-31-49(53)55(39-33-34-51-45(35-39)42-24-10-13-32-50(42)56-51)48-30-12-9-23-41(48)43-27-15-20-37-19-14-26-40(52(37)43)36-17-4-2-5-18-36/h3,6-16,19-36H,2,4-5,17-18H2,1H3. The third kappa shape index (κ3) is 5.02. The maximum absolute atomic E-state index is 6.39. The van der Waals surface area contributed by atoms with E-state index in [2.05, 4.69) is 182 Å². The Hall–Kier alpha value is -6.38. The van der Waals surface area contributed by atoms with Gasteiger partial charge in [0, 0.05) is 33.0 Å². The highest BCUT2D eigenvalue weighted by atomic mass is 16.3. The predicted octanol–water partition coefficient (Wildman–Crippen LogP) is 15.3. The molecule has 1 saturated carbocycles. The second-order valence-electron chi connectivity index (χ2n) is 16.0. The number of furan rings is 1. The second-order valence-corrected chi connectivity index (χ2v) is 16.0. The summed E-state index contributed by atoms with van der Waals surface area (Å²) < 4.78 is 6.39. The van der Waals surface area contributed by atoms with Gasteiger partial charge in [0.05, 0.1) is 11.4 Å². The number of fused-ring (bicyclic) bond motifs is 7. The molecular formula is C54H43NO. The molecule has 2 heteroatoms. The highest BCUT2D eigenvalue weighted by Gasteiger charge is 2.42. The van der Waals surface area contributed by atoms with E-state index >= 15 is 0 Å². The Morgan fingerprint density at radius 2 is 1.18 bits per heavy atom. The summed E-state index contributed by atoms with van der Waals surface area (Å²) in [5.41, 5.74) is 15.5. The largest absolute Gasteiger partial charge is 0.456 e. The van der Waals surface area contributed by atoms with Gasteiger partial charge in [-0.05, 0) is 106 Å². The molecular weight excluding hydrogens is 679 g/mol. The van der Waals surface area contributed by atoms with Crippen LogP contribution in [0.4, 0.5) is 17.1 Å². The molecule has 0 bridgehead atoms. The molecule has 0 N–H and O–H groups in total. The molecule has 0 spiro atoms. The molecule has 0 saturated heterocycles. The zero-order valence-electron chi connectivity index (χ0n) is 31.7. The lowest BCUT2D eigenvalue weighted by molar-refractivity contribution is 0.445. The average molecular weight is 722 g/mol. The van der Waals surface area contributed by atoms with E-state index in [-0.39, 0.29) is 5.41 Å². The SMILES string of the molecule is CC1(c2ccccc2)c2ccccc2-c2c(N(c3ccc4oc5ccccc5c4c3)c3ccccc3-c3cccc4cccc(C5CCCCC5)c34)cccc21. The zero-order chi connectivity index (χ0) is 37.2. The first kappa shape index (κ1) is 33.0. The molecule has 1 unspecified atom stereocenters. The summed E-state index contributed by atoms with van der Waals surface area (Å²) in [6.07, 6.45) is 6.48. The Kier molecular flexibility index (Phi) is 7.74. The number of rotatable bonds is 6. The van der Waals surface area contributed by atoms with Gasteiger partial charge in [-0.2, -0.15) is 0 Å². The van der Waals surface area contributed by atoms with Gasteiger partial charge in [-0.1, -0.05) is 159 Å². The van der Waals surface area contributed by atoms with Gasteiger partial charge in [-0.3, -0.25) is 0 Å². The Morgan fingerprint density at radius 3 is 2.05 bits per heavy atom. The van der Waals surface area contributed by atoms with Gasteiger partial charge in [0.15, 0.2) is 0 Å². The third-order valence-corrected chi connectivity index (χ3v) is 12.9. The van der Waals surface area contributed by atoms with Crippen molar-refractivity contribution in [1.29, 1.82) is 0 Å². The lowest BCUT2D eigenvalue weighted by atomic mass is 9.74. The second kappa shape index (κ2) is 13.1. The van der Waals surface area contributed by atoms with Crippen LogP contribution in [-0.2, 0) is 5.41 Å². The van der Waals surface area contributed by atoms with Gasteiger partial charge in [0.2, 0.25) is 0 Å². The summed E-state index contributed by atoms with van der Waals surface area (Å²) in [4.78, 5) is 2.53. The minimum Gasteiger partial charge on any atom is -0.456 e. The third-order valence-electron chi connectivity index (χ3n) is 12.9. The van der Waals surface area contributed by atoms with Crippen molar-refractivity contribution in [2.75, 3.05) is 4.90 Å². The summed E-state index contributed by atoms with van der Waals surface area (Å²) in [5, 5.41) is 4.95. The maximum Gasteiger partial charge on any atom is 0.135 e. The summed E-state index contributed by atoms with van der Waals surface area (Å²) in [6, 6.07) is 65.1. The molecule has 8 aromatic carbocycles. The summed E-state index contributed by atoms with van der Waals surface area (Å²) in [7, 11) is 0. The van der Waals surface area contributed by atoms with Gasteiger partial charge in [0.1, 0.15) is 11.2 Å². The number of benzene rings is 8. The van der Waals surface area contributed by atoms with E-state index in [1.807, 2.05) is 6.07 Å². The first-order valence-corrected chi connectivity index (χ1v) is 20.3. The Bertz CT molecular complexity index is 2930. The van der Waals surface area contributed by atoms with Crippen LogP contribution in [0.3, 0.4) is 0 Å². The van der Waals surface area contributed by atoms with Crippen molar-refractivity contribution in [2.24, 2.45) is 0 Å². The van der Waals surface area contributed by atoms with Crippen LogP contribution in [-0.4, -0.2) is 0 Å². The average Bonchev–Trinajstić information content (AvgIpc) is 3.77. The molecule has 1 atom stereocenters. The molecule has 0 amide bonds. The van der Waals surface area contributed by atoms with Crippen molar-refractivity contribution in [2.45, 2.75) is 50.4 Å². The van der Waals surface area contributed by atoms with E-state index < -0.39 is 0 Å². The molecule has 2 nitrogen and oxygen atoms in total. The first-order chi connectivity index (χ1) is 27.7. The highest BCUT2D eigenvalue weighted by molar-refractivity contribution is 6.09. The van der Waals surface area contributed by atoms with Crippen molar-refractivity contribution >= 4 is 49.8 Å². The molecule has 1 heterocycles. The summed E-state index contributed by atoms with van der Waals surface area (Å²) >= 11 is 0. The van der Waals surface area contributed by atoms with E-state index in [1.165, 1.54) is 93.1 Å². The maximum atomic E-state index is 6.39. The van der Waals surface area contributed by atoms with Gasteiger partial charge in [-0.15, -0.1) is 0 Å². The molecule has 1 aromatic heterocycles. The van der Waals surface area contributed by atoms with Gasteiger partial charge < -0.3 is 9.32 Å². The summed E-state index contributed by atoms with van der Waals surface area (Å²) in [5.74, 6) is 0.582. The Balaban J connectivity index is 1.21. The molecule has 56 heavy (non-hydrogen) atoms. The van der Waals surface area contributed by atoms with Crippen LogP contribution in [0, 0.1) is 0 Å². The molecule has 1 fully saturated rings. The molecule has 9 aromatic rings. The Labute approximate surface area is 328 Å². The van der Waals surface area contributed by atoms with Gasteiger partial charge in [-0.25, -0.2) is 0 Å². The minimum atomic E-state index is -0.316. The smallest absolute Gasteiger partial charge is 0.135 e. The van der Waals surface area contributed by atoms with Crippen LogP contribution in [0.1, 0.15) is 67.2 Å². The van der Waals surface area contributed by atoms with E-state index in [1.54, 1.807) is 0 Å². The van der Waals surface area contributed by atoms with E-state index in [4.69, 9.17) is 4.42 Å². The van der Waals surface area contributed by atoms with Crippen LogP contribution in [0.25, 0.3) is 55.0 Å². The molecule has 11 rings (SSSR count). The fourth-order valence-electron chi connectivity index (χ4n) is 10.3. The minimum absolute atomic E-state index is 0.316. The fraction of sp³-hybridized carbons (Fsp3) is 0.148. The van der Waals surface area contributed by atoms with Crippen molar-refractivity contribution in [3.63, 3.8) is 0 Å². The van der Waals surface area contributed by atoms with Crippen molar-refractivity contribution in [1.82, 2.24) is 0 Å². The van der Waals surface area contributed by atoms with Crippen molar-refractivity contribution < 1.29 is 4.42 Å². The molecule has 270 valence electrons. The lowest BCUT2D eigenvalue weighted by Crippen LogP contribution is -2.22. The lowest BCUT2D eigenvalue weighted by Gasteiger charge is -2.32. The monoisotopic (exact) mass is 721 g/mol. The number of nitrogens with zero attached hydrogens (tertiary/aromatic N) is 1. The van der Waals surface area contributed by atoms with Crippen LogP contribution >= 0.6 is 0 Å². The highest BCUT2D eigenvalue weighted by Crippen LogP contribution is 2.57. The van der Waals surface area contributed by atoms with Crippen molar-refractivity contribution in [3.05, 3.63) is 198 Å². The predicted molar refractivity (Wildman–Crippen MR) is 235 cm³/mol. The van der Waals surface area contributed by atoms with Gasteiger partial charge >= 0.3 is 0 Å². The number of hydrogen-bond donors (Lipinski definition) is 0. The molecule has 0 radical (unpaired) electrons. The summed E-state index contributed by atoms with van der Waals surface area (Å²) in [6.45, 7) is 2.40. The normalized spacial score (nSPS) is 16.7. The van der Waals surface area contributed by atoms with Crippen molar-refractivity contribution in [3.8, 4) is 22.3 Å². The topological polar surface area (TPSA) is 16.4 Å². The zero-order valence-corrected chi connectivity index (χ0v) is 31.7. The quantitative estimate of drug-likeness (QED) is 0.170. The number of para-hydroxylation sites is 2.